The number of aromatic nitrogens is 2. The van der Waals surface area contributed by atoms with Crippen LogP contribution < -0.4 is 5.32 Å². The van der Waals surface area contributed by atoms with Crippen molar-refractivity contribution in [2.75, 3.05) is 5.32 Å². The first-order valence-corrected chi connectivity index (χ1v) is 6.01. The quantitative estimate of drug-likeness (QED) is 0.807. The van der Waals surface area contributed by atoms with E-state index >= 15 is 0 Å². The SMILES string of the molecule is CC1CCC(Nc2cccc3[nH]ncc23)C1. The van der Waals surface area contributed by atoms with Gasteiger partial charge >= 0.3 is 0 Å². The van der Waals surface area contributed by atoms with Crippen LogP contribution in [0.3, 0.4) is 0 Å². The van der Waals surface area contributed by atoms with E-state index in [1.54, 1.807) is 0 Å². The summed E-state index contributed by atoms with van der Waals surface area (Å²) in [6.45, 7) is 2.33. The Labute approximate surface area is 95.2 Å². The molecule has 0 radical (unpaired) electrons. The molecular weight excluding hydrogens is 198 g/mol. The maximum absolute atomic E-state index is 4.09. The molecular formula is C13H17N3. The maximum Gasteiger partial charge on any atom is 0.0671 e. The first-order valence-electron chi connectivity index (χ1n) is 6.01. The number of nitrogens with one attached hydrogen (secondary N) is 2. The third-order valence-electron chi connectivity index (χ3n) is 3.54. The Kier molecular flexibility index (Phi) is 2.31. The molecule has 2 aromatic rings. The van der Waals surface area contributed by atoms with E-state index in [2.05, 4.69) is 40.6 Å². The molecule has 0 amide bonds. The first kappa shape index (κ1) is 9.70. The van der Waals surface area contributed by atoms with E-state index in [1.807, 2.05) is 6.20 Å². The normalized spacial score (nSPS) is 25.1. The Bertz CT molecular complexity index is 489. The van der Waals surface area contributed by atoms with Gasteiger partial charge in [-0.1, -0.05) is 13.0 Å². The van der Waals surface area contributed by atoms with Crippen molar-refractivity contribution in [3.63, 3.8) is 0 Å². The van der Waals surface area contributed by atoms with Crippen molar-refractivity contribution in [3.8, 4) is 0 Å². The highest BCUT2D eigenvalue weighted by Gasteiger charge is 2.21. The molecule has 0 bridgehead atoms. The summed E-state index contributed by atoms with van der Waals surface area (Å²) < 4.78 is 0. The molecule has 1 aliphatic rings. The lowest BCUT2D eigenvalue weighted by molar-refractivity contribution is 0.603. The number of hydrogen-bond donors (Lipinski definition) is 2. The molecule has 1 aliphatic carbocycles. The summed E-state index contributed by atoms with van der Waals surface area (Å²) in [5, 5.41) is 11.9. The first-order chi connectivity index (χ1) is 7.83. The Morgan fingerprint density at radius 2 is 2.31 bits per heavy atom. The van der Waals surface area contributed by atoms with Crippen molar-refractivity contribution in [2.24, 2.45) is 5.92 Å². The van der Waals surface area contributed by atoms with Crippen molar-refractivity contribution in [3.05, 3.63) is 24.4 Å². The van der Waals surface area contributed by atoms with Crippen LogP contribution in [-0.2, 0) is 0 Å². The summed E-state index contributed by atoms with van der Waals surface area (Å²) in [4.78, 5) is 0. The highest BCUT2D eigenvalue weighted by Crippen LogP contribution is 2.29. The molecule has 3 heteroatoms. The predicted octanol–water partition coefficient (Wildman–Crippen LogP) is 3.16. The highest BCUT2D eigenvalue weighted by atomic mass is 15.1. The average Bonchev–Trinajstić information content (AvgIpc) is 2.87. The number of H-pyrrole nitrogens is 1. The number of fused-ring (bicyclic) bond motifs is 1. The Morgan fingerprint density at radius 3 is 3.12 bits per heavy atom. The number of aromatic amines is 1. The molecule has 0 spiro atoms. The lowest BCUT2D eigenvalue weighted by Crippen LogP contribution is -2.15. The summed E-state index contributed by atoms with van der Waals surface area (Å²) >= 11 is 0. The molecule has 2 N–H and O–H groups in total. The molecule has 84 valence electrons. The molecule has 1 aromatic carbocycles. The molecule has 2 unspecified atom stereocenters. The molecule has 1 saturated carbocycles. The minimum absolute atomic E-state index is 0.635. The Morgan fingerprint density at radius 1 is 1.38 bits per heavy atom. The van der Waals surface area contributed by atoms with E-state index in [9.17, 15) is 0 Å². The maximum atomic E-state index is 4.09. The monoisotopic (exact) mass is 215 g/mol. The molecule has 1 heterocycles. The van der Waals surface area contributed by atoms with Crippen LogP contribution in [0.5, 0.6) is 0 Å². The summed E-state index contributed by atoms with van der Waals surface area (Å²) in [7, 11) is 0. The van der Waals surface area contributed by atoms with Gasteiger partial charge in [0.2, 0.25) is 0 Å². The van der Waals surface area contributed by atoms with Gasteiger partial charge in [0.15, 0.2) is 0 Å². The van der Waals surface area contributed by atoms with Crippen LogP contribution in [0.4, 0.5) is 5.69 Å². The summed E-state index contributed by atoms with van der Waals surface area (Å²) in [5.74, 6) is 0.862. The average molecular weight is 215 g/mol. The van der Waals surface area contributed by atoms with Crippen LogP contribution >= 0.6 is 0 Å². The zero-order valence-corrected chi connectivity index (χ0v) is 9.53. The van der Waals surface area contributed by atoms with Gasteiger partial charge in [-0.15, -0.1) is 0 Å². The third kappa shape index (κ3) is 1.66. The molecule has 3 rings (SSSR count). The van der Waals surface area contributed by atoms with Crippen molar-refractivity contribution < 1.29 is 0 Å². The van der Waals surface area contributed by atoms with E-state index in [0.29, 0.717) is 6.04 Å². The van der Waals surface area contributed by atoms with Gasteiger partial charge in [-0.05, 0) is 37.3 Å². The number of hydrogen-bond acceptors (Lipinski definition) is 2. The van der Waals surface area contributed by atoms with Crippen LogP contribution in [0, 0.1) is 5.92 Å². The second-order valence-electron chi connectivity index (χ2n) is 4.90. The van der Waals surface area contributed by atoms with E-state index in [4.69, 9.17) is 0 Å². The molecule has 1 aromatic heterocycles. The van der Waals surface area contributed by atoms with Crippen molar-refractivity contribution >= 4 is 16.6 Å². The fraction of sp³-hybridized carbons (Fsp3) is 0.462. The number of benzene rings is 1. The zero-order valence-electron chi connectivity index (χ0n) is 9.53. The molecule has 1 fully saturated rings. The molecule has 0 saturated heterocycles. The van der Waals surface area contributed by atoms with Gasteiger partial charge in [0.1, 0.15) is 0 Å². The van der Waals surface area contributed by atoms with Gasteiger partial charge in [0.25, 0.3) is 0 Å². The highest BCUT2D eigenvalue weighted by molar-refractivity contribution is 5.90. The van der Waals surface area contributed by atoms with Crippen LogP contribution in [0.15, 0.2) is 24.4 Å². The van der Waals surface area contributed by atoms with Crippen molar-refractivity contribution in [1.82, 2.24) is 10.2 Å². The van der Waals surface area contributed by atoms with Crippen LogP contribution in [-0.4, -0.2) is 16.2 Å². The van der Waals surface area contributed by atoms with Gasteiger partial charge in [-0.2, -0.15) is 5.10 Å². The summed E-state index contributed by atoms with van der Waals surface area (Å²) in [5.41, 5.74) is 2.32. The summed E-state index contributed by atoms with van der Waals surface area (Å²) in [6, 6.07) is 6.91. The molecule has 3 nitrogen and oxygen atoms in total. The van der Waals surface area contributed by atoms with Crippen molar-refractivity contribution in [2.45, 2.75) is 32.2 Å². The number of nitrogens with zero attached hydrogens (tertiary/aromatic N) is 1. The lowest BCUT2D eigenvalue weighted by atomic mass is 10.1. The Hall–Kier alpha value is -1.51. The number of rotatable bonds is 2. The second-order valence-corrected chi connectivity index (χ2v) is 4.90. The standard InChI is InChI=1S/C13H17N3/c1-9-5-6-10(7-9)15-12-3-2-4-13-11(12)8-14-16-13/h2-4,8-10,15H,5-7H2,1H3,(H,14,16). The smallest absolute Gasteiger partial charge is 0.0671 e. The van der Waals surface area contributed by atoms with Gasteiger partial charge < -0.3 is 5.32 Å². The minimum Gasteiger partial charge on any atom is -0.382 e. The van der Waals surface area contributed by atoms with Crippen LogP contribution in [0.1, 0.15) is 26.2 Å². The largest absolute Gasteiger partial charge is 0.382 e. The van der Waals surface area contributed by atoms with Crippen LogP contribution in [0.25, 0.3) is 10.9 Å². The molecule has 2 atom stereocenters. The van der Waals surface area contributed by atoms with E-state index < -0.39 is 0 Å². The third-order valence-corrected chi connectivity index (χ3v) is 3.54. The minimum atomic E-state index is 0.635. The zero-order chi connectivity index (χ0) is 11.0. The van der Waals surface area contributed by atoms with Gasteiger partial charge in [-0.3, -0.25) is 5.10 Å². The van der Waals surface area contributed by atoms with Gasteiger partial charge in [0, 0.05) is 17.1 Å². The summed E-state index contributed by atoms with van der Waals surface area (Å²) in [6.07, 6.45) is 5.82. The topological polar surface area (TPSA) is 40.7 Å². The molecule has 16 heavy (non-hydrogen) atoms. The lowest BCUT2D eigenvalue weighted by Gasteiger charge is -2.14. The van der Waals surface area contributed by atoms with E-state index in [-0.39, 0.29) is 0 Å². The van der Waals surface area contributed by atoms with E-state index in [0.717, 1.165) is 11.4 Å². The second kappa shape index (κ2) is 3.81. The predicted molar refractivity (Wildman–Crippen MR) is 66.5 cm³/mol. The molecule has 0 aliphatic heterocycles. The fourth-order valence-electron chi connectivity index (χ4n) is 2.65. The van der Waals surface area contributed by atoms with E-state index in [1.165, 1.54) is 30.3 Å². The Balaban J connectivity index is 1.86. The van der Waals surface area contributed by atoms with Crippen LogP contribution in [0.2, 0.25) is 0 Å². The number of anilines is 1. The fourth-order valence-corrected chi connectivity index (χ4v) is 2.65. The van der Waals surface area contributed by atoms with Gasteiger partial charge in [0.05, 0.1) is 11.7 Å². The van der Waals surface area contributed by atoms with Gasteiger partial charge in [-0.25, -0.2) is 0 Å². The van der Waals surface area contributed by atoms with Crippen molar-refractivity contribution in [1.29, 1.82) is 0 Å².